The van der Waals surface area contributed by atoms with Gasteiger partial charge in [-0.15, -0.1) is 0 Å². The maximum atomic E-state index is 12.8. The molecule has 0 aliphatic heterocycles. The Morgan fingerprint density at radius 2 is 0.623 bits per heavy atom. The summed E-state index contributed by atoms with van der Waals surface area (Å²) in [7, 11) is 0. The van der Waals surface area contributed by atoms with Crippen LogP contribution in [0.2, 0.25) is 0 Å². The second-order valence-corrected chi connectivity index (χ2v) is 19.6. The summed E-state index contributed by atoms with van der Waals surface area (Å²) in [6.45, 7) is 11.4. The van der Waals surface area contributed by atoms with Crippen molar-refractivity contribution in [3.05, 3.63) is 0 Å². The first-order chi connectivity index (χ1) is 29.8. The number of carbonyl (C=O) groups excluding carboxylic acids is 3. The summed E-state index contributed by atoms with van der Waals surface area (Å²) in [6, 6.07) is 0. The lowest BCUT2D eigenvalue weighted by molar-refractivity contribution is -0.167. The molecule has 1 unspecified atom stereocenters. The molecule has 0 rings (SSSR count). The van der Waals surface area contributed by atoms with E-state index in [-0.39, 0.29) is 31.1 Å². The Kier molecular flexibility index (Phi) is 46.6. The molecule has 2 atom stereocenters. The van der Waals surface area contributed by atoms with E-state index in [0.29, 0.717) is 19.3 Å². The average molecular weight is 863 g/mol. The maximum absolute atomic E-state index is 12.8. The molecule has 6 heteroatoms. The van der Waals surface area contributed by atoms with Gasteiger partial charge in [0.05, 0.1) is 0 Å². The fraction of sp³-hybridized carbons (Fsp3) is 0.945. The highest BCUT2D eigenvalue weighted by atomic mass is 16.6. The summed E-state index contributed by atoms with van der Waals surface area (Å²) in [5.74, 6) is 0.858. The summed E-state index contributed by atoms with van der Waals surface area (Å²) < 4.78 is 16.8. The quantitative estimate of drug-likeness (QED) is 0.0344. The largest absolute Gasteiger partial charge is 0.462 e. The van der Waals surface area contributed by atoms with Crippen molar-refractivity contribution in [1.82, 2.24) is 0 Å². The third kappa shape index (κ3) is 47.7. The van der Waals surface area contributed by atoms with Gasteiger partial charge >= 0.3 is 17.9 Å². The van der Waals surface area contributed by atoms with E-state index in [1.54, 1.807) is 0 Å². The molecule has 0 saturated heterocycles. The molecule has 362 valence electrons. The van der Waals surface area contributed by atoms with Crippen LogP contribution in [0.25, 0.3) is 0 Å². The van der Waals surface area contributed by atoms with Crippen LogP contribution in [0, 0.1) is 11.8 Å². The molecule has 0 aliphatic carbocycles. The van der Waals surface area contributed by atoms with Crippen molar-refractivity contribution < 1.29 is 28.6 Å². The molecule has 0 heterocycles. The zero-order chi connectivity index (χ0) is 44.7. The second-order valence-electron chi connectivity index (χ2n) is 19.6. The Morgan fingerprint density at radius 3 is 0.934 bits per heavy atom. The minimum atomic E-state index is -0.761. The molecule has 0 aromatic heterocycles. The molecule has 0 spiro atoms. The van der Waals surface area contributed by atoms with Crippen molar-refractivity contribution in [2.24, 2.45) is 11.8 Å². The van der Waals surface area contributed by atoms with Crippen molar-refractivity contribution in [2.75, 3.05) is 13.2 Å². The predicted octanol–water partition coefficient (Wildman–Crippen LogP) is 17.7. The van der Waals surface area contributed by atoms with Gasteiger partial charge in [-0.2, -0.15) is 0 Å². The van der Waals surface area contributed by atoms with Crippen LogP contribution >= 0.6 is 0 Å². The molecule has 0 saturated carbocycles. The van der Waals surface area contributed by atoms with E-state index in [0.717, 1.165) is 69.6 Å². The van der Waals surface area contributed by atoms with Gasteiger partial charge in [0.1, 0.15) is 13.2 Å². The summed E-state index contributed by atoms with van der Waals surface area (Å²) in [5.41, 5.74) is 0. The van der Waals surface area contributed by atoms with Crippen molar-refractivity contribution in [3.63, 3.8) is 0 Å². The number of esters is 3. The van der Waals surface area contributed by atoms with Crippen LogP contribution in [-0.2, 0) is 28.6 Å². The van der Waals surface area contributed by atoms with Crippen LogP contribution in [0.15, 0.2) is 0 Å². The number of rotatable bonds is 49. The van der Waals surface area contributed by atoms with E-state index in [9.17, 15) is 14.4 Å². The van der Waals surface area contributed by atoms with Gasteiger partial charge in [0.15, 0.2) is 6.10 Å². The van der Waals surface area contributed by atoms with Crippen molar-refractivity contribution in [2.45, 2.75) is 310 Å². The fourth-order valence-electron chi connectivity index (χ4n) is 8.31. The van der Waals surface area contributed by atoms with Crippen LogP contribution < -0.4 is 0 Å². The summed E-state index contributed by atoms with van der Waals surface area (Å²) >= 11 is 0. The summed E-state index contributed by atoms with van der Waals surface area (Å²) in [5, 5.41) is 0. The Hall–Kier alpha value is -1.59. The predicted molar refractivity (Wildman–Crippen MR) is 261 cm³/mol. The van der Waals surface area contributed by atoms with E-state index in [1.165, 1.54) is 193 Å². The SMILES string of the molecule is CCCCCCCCCCCCC(=O)OC[C@H](COC(=O)CCCCCCCCCCC(C)CC)OC(=O)CCCCCCCCCCCCCCCCCCCCC(C)C. The molecule has 0 aromatic rings. The Morgan fingerprint density at radius 1 is 0.344 bits per heavy atom. The number of hydrogen-bond donors (Lipinski definition) is 0. The lowest BCUT2D eigenvalue weighted by Gasteiger charge is -2.18. The molecular weight excluding hydrogens is 757 g/mol. The van der Waals surface area contributed by atoms with Gasteiger partial charge in [-0.25, -0.2) is 0 Å². The van der Waals surface area contributed by atoms with Gasteiger partial charge in [-0.05, 0) is 31.1 Å². The van der Waals surface area contributed by atoms with E-state index in [2.05, 4.69) is 34.6 Å². The minimum Gasteiger partial charge on any atom is -0.462 e. The van der Waals surface area contributed by atoms with Crippen LogP contribution in [0.4, 0.5) is 0 Å². The van der Waals surface area contributed by atoms with Gasteiger partial charge in [-0.1, -0.05) is 266 Å². The lowest BCUT2D eigenvalue weighted by Crippen LogP contribution is -2.30. The Balaban J connectivity index is 4.22. The van der Waals surface area contributed by atoms with Crippen LogP contribution in [0.1, 0.15) is 304 Å². The van der Waals surface area contributed by atoms with Gasteiger partial charge in [0.2, 0.25) is 0 Å². The van der Waals surface area contributed by atoms with E-state index in [4.69, 9.17) is 14.2 Å². The number of hydrogen-bond acceptors (Lipinski definition) is 6. The number of carbonyl (C=O) groups is 3. The normalized spacial score (nSPS) is 12.5. The Bertz CT molecular complexity index is 933. The molecule has 0 N–H and O–H groups in total. The molecule has 0 fully saturated rings. The van der Waals surface area contributed by atoms with Crippen LogP contribution in [-0.4, -0.2) is 37.2 Å². The number of ether oxygens (including phenoxy) is 3. The highest BCUT2D eigenvalue weighted by Crippen LogP contribution is 2.18. The minimum absolute atomic E-state index is 0.0637. The molecule has 0 radical (unpaired) electrons. The zero-order valence-electron chi connectivity index (χ0n) is 41.8. The molecule has 0 bridgehead atoms. The van der Waals surface area contributed by atoms with Gasteiger partial charge in [0.25, 0.3) is 0 Å². The summed E-state index contributed by atoms with van der Waals surface area (Å²) in [4.78, 5) is 37.9. The van der Waals surface area contributed by atoms with Gasteiger partial charge in [-0.3, -0.25) is 14.4 Å². The van der Waals surface area contributed by atoms with Crippen molar-refractivity contribution in [1.29, 1.82) is 0 Å². The molecule has 61 heavy (non-hydrogen) atoms. The first-order valence-corrected chi connectivity index (χ1v) is 27.3. The monoisotopic (exact) mass is 863 g/mol. The molecule has 0 aromatic carbocycles. The van der Waals surface area contributed by atoms with Crippen molar-refractivity contribution in [3.8, 4) is 0 Å². The van der Waals surface area contributed by atoms with Gasteiger partial charge < -0.3 is 14.2 Å². The lowest BCUT2D eigenvalue weighted by atomic mass is 9.99. The third-order valence-electron chi connectivity index (χ3n) is 12.8. The molecule has 0 amide bonds. The van der Waals surface area contributed by atoms with E-state index >= 15 is 0 Å². The third-order valence-corrected chi connectivity index (χ3v) is 12.8. The average Bonchev–Trinajstić information content (AvgIpc) is 3.24. The van der Waals surface area contributed by atoms with Crippen LogP contribution in [0.3, 0.4) is 0 Å². The van der Waals surface area contributed by atoms with E-state index in [1.807, 2.05) is 0 Å². The topological polar surface area (TPSA) is 78.9 Å². The number of unbranched alkanes of at least 4 members (excludes halogenated alkanes) is 33. The molecular formula is C55H106O6. The van der Waals surface area contributed by atoms with Gasteiger partial charge in [0, 0.05) is 19.3 Å². The summed E-state index contributed by atoms with van der Waals surface area (Å²) in [6.07, 6.45) is 49.5. The molecule has 6 nitrogen and oxygen atoms in total. The fourth-order valence-corrected chi connectivity index (χ4v) is 8.31. The first-order valence-electron chi connectivity index (χ1n) is 27.3. The highest BCUT2D eigenvalue weighted by Gasteiger charge is 2.19. The van der Waals surface area contributed by atoms with E-state index < -0.39 is 6.10 Å². The molecule has 0 aliphatic rings. The zero-order valence-corrected chi connectivity index (χ0v) is 41.8. The second kappa shape index (κ2) is 47.9. The van der Waals surface area contributed by atoms with Crippen LogP contribution in [0.5, 0.6) is 0 Å². The standard InChI is InChI=1S/C55H106O6/c1-6-8-9-10-11-12-24-30-35-40-45-53(56)59-48-52(49-60-54(57)46-41-36-31-27-26-29-34-39-44-51(5)7-2)61-55(58)47-42-37-32-25-22-20-18-16-14-13-15-17-19-21-23-28-33-38-43-50(3)4/h50-52H,6-49H2,1-5H3/t51?,52-/m1/s1. The highest BCUT2D eigenvalue weighted by molar-refractivity contribution is 5.71. The smallest absolute Gasteiger partial charge is 0.306 e. The maximum Gasteiger partial charge on any atom is 0.306 e. The Labute approximate surface area is 380 Å². The van der Waals surface area contributed by atoms with Crippen molar-refractivity contribution >= 4 is 17.9 Å². The first kappa shape index (κ1) is 59.4.